The molecule has 2 aromatic carbocycles. The predicted octanol–water partition coefficient (Wildman–Crippen LogP) is 3.84. The second-order valence-electron chi connectivity index (χ2n) is 4.20. The fourth-order valence-electron chi connectivity index (χ4n) is 2.19. The molecular weight excluding hydrogens is 224 g/mol. The number of hydrogen-bond donors (Lipinski definition) is 1. The predicted molar refractivity (Wildman–Crippen MR) is 73.7 cm³/mol. The van der Waals surface area contributed by atoms with Crippen LogP contribution in [0.15, 0.2) is 46.9 Å². The summed E-state index contributed by atoms with van der Waals surface area (Å²) in [7, 11) is 1.80. The van der Waals surface area contributed by atoms with E-state index in [0.29, 0.717) is 6.01 Å². The molecule has 0 saturated heterocycles. The van der Waals surface area contributed by atoms with Crippen molar-refractivity contribution in [3.8, 4) is 11.3 Å². The summed E-state index contributed by atoms with van der Waals surface area (Å²) in [5.74, 6) is 0.829. The first kappa shape index (κ1) is 10.8. The van der Waals surface area contributed by atoms with Gasteiger partial charge in [-0.25, -0.2) is 0 Å². The van der Waals surface area contributed by atoms with Gasteiger partial charge in [0.25, 0.3) is 6.01 Å². The zero-order valence-electron chi connectivity index (χ0n) is 10.4. The van der Waals surface area contributed by atoms with Crippen molar-refractivity contribution in [1.29, 1.82) is 0 Å². The lowest BCUT2D eigenvalue weighted by Crippen LogP contribution is -1.87. The number of benzene rings is 2. The van der Waals surface area contributed by atoms with Gasteiger partial charge in [0.1, 0.15) is 11.5 Å². The average Bonchev–Trinajstić information content (AvgIpc) is 2.79. The normalized spacial score (nSPS) is 10.8. The molecule has 0 bridgehead atoms. The van der Waals surface area contributed by atoms with E-state index in [2.05, 4.69) is 34.6 Å². The van der Waals surface area contributed by atoms with Gasteiger partial charge in [-0.1, -0.05) is 42.5 Å². The van der Waals surface area contributed by atoms with Crippen LogP contribution in [0.4, 0.5) is 6.01 Å². The molecule has 0 aliphatic carbocycles. The van der Waals surface area contributed by atoms with Gasteiger partial charge in [-0.3, -0.25) is 0 Å². The highest BCUT2D eigenvalue weighted by molar-refractivity contribution is 5.96. The largest absolute Gasteiger partial charge is 0.428 e. The van der Waals surface area contributed by atoms with Crippen molar-refractivity contribution in [1.82, 2.24) is 4.98 Å². The van der Waals surface area contributed by atoms with Crippen molar-refractivity contribution in [3.63, 3.8) is 0 Å². The maximum absolute atomic E-state index is 5.54. The first-order valence-corrected chi connectivity index (χ1v) is 5.93. The number of hydrogen-bond acceptors (Lipinski definition) is 3. The van der Waals surface area contributed by atoms with E-state index in [4.69, 9.17) is 4.42 Å². The zero-order valence-corrected chi connectivity index (χ0v) is 10.4. The van der Waals surface area contributed by atoms with Crippen LogP contribution in [0.1, 0.15) is 5.76 Å². The molecule has 0 atom stereocenters. The van der Waals surface area contributed by atoms with Crippen molar-refractivity contribution in [2.75, 3.05) is 12.4 Å². The number of oxazole rings is 1. The molecule has 1 heterocycles. The first-order chi connectivity index (χ1) is 8.79. The lowest BCUT2D eigenvalue weighted by Gasteiger charge is -2.03. The highest BCUT2D eigenvalue weighted by atomic mass is 16.4. The van der Waals surface area contributed by atoms with Crippen LogP contribution in [0.2, 0.25) is 0 Å². The average molecular weight is 238 g/mol. The fraction of sp³-hybridized carbons (Fsp3) is 0.133. The van der Waals surface area contributed by atoms with Gasteiger partial charge in [0.15, 0.2) is 0 Å². The van der Waals surface area contributed by atoms with Crippen LogP contribution in [0.25, 0.3) is 22.0 Å². The summed E-state index contributed by atoms with van der Waals surface area (Å²) in [6.45, 7) is 1.94. The molecule has 1 aromatic heterocycles. The molecule has 0 aliphatic heterocycles. The summed E-state index contributed by atoms with van der Waals surface area (Å²) in [5, 5.41) is 5.33. The molecule has 3 nitrogen and oxygen atoms in total. The third-order valence-corrected chi connectivity index (χ3v) is 3.06. The maximum atomic E-state index is 5.54. The van der Waals surface area contributed by atoms with E-state index in [1.807, 2.05) is 25.1 Å². The van der Waals surface area contributed by atoms with Gasteiger partial charge in [-0.15, -0.1) is 0 Å². The van der Waals surface area contributed by atoms with Gasteiger partial charge >= 0.3 is 0 Å². The molecule has 0 aliphatic rings. The topological polar surface area (TPSA) is 38.1 Å². The zero-order chi connectivity index (χ0) is 12.5. The minimum atomic E-state index is 0.551. The minimum Gasteiger partial charge on any atom is -0.428 e. The van der Waals surface area contributed by atoms with Gasteiger partial charge in [0.2, 0.25) is 0 Å². The van der Waals surface area contributed by atoms with E-state index in [1.54, 1.807) is 7.05 Å². The van der Waals surface area contributed by atoms with Crippen molar-refractivity contribution >= 4 is 16.8 Å². The Hall–Kier alpha value is -2.29. The van der Waals surface area contributed by atoms with Crippen molar-refractivity contribution in [3.05, 3.63) is 48.2 Å². The molecule has 90 valence electrons. The second-order valence-corrected chi connectivity index (χ2v) is 4.20. The molecule has 0 radical (unpaired) electrons. The van der Waals surface area contributed by atoms with Crippen molar-refractivity contribution in [2.45, 2.75) is 6.92 Å². The fourth-order valence-corrected chi connectivity index (χ4v) is 2.19. The monoisotopic (exact) mass is 238 g/mol. The summed E-state index contributed by atoms with van der Waals surface area (Å²) >= 11 is 0. The van der Waals surface area contributed by atoms with Gasteiger partial charge in [0, 0.05) is 12.6 Å². The molecule has 3 aromatic rings. The minimum absolute atomic E-state index is 0.551. The van der Waals surface area contributed by atoms with Crippen molar-refractivity contribution in [2.24, 2.45) is 0 Å². The molecule has 3 heteroatoms. The van der Waals surface area contributed by atoms with E-state index in [1.165, 1.54) is 10.8 Å². The number of anilines is 1. The number of rotatable bonds is 2. The van der Waals surface area contributed by atoms with E-state index in [9.17, 15) is 0 Å². The summed E-state index contributed by atoms with van der Waals surface area (Å²) in [6.07, 6.45) is 0. The van der Waals surface area contributed by atoms with Gasteiger partial charge in [-0.05, 0) is 17.7 Å². The molecule has 3 rings (SSSR count). The summed E-state index contributed by atoms with van der Waals surface area (Å²) in [5.41, 5.74) is 2.01. The third kappa shape index (κ3) is 1.64. The van der Waals surface area contributed by atoms with Gasteiger partial charge in [-0.2, -0.15) is 4.98 Å². The number of aromatic nitrogens is 1. The number of nitrogens with zero attached hydrogens (tertiary/aromatic N) is 1. The number of aryl methyl sites for hydroxylation is 1. The highest BCUT2D eigenvalue weighted by Crippen LogP contribution is 2.31. The Morgan fingerprint density at radius 2 is 1.83 bits per heavy atom. The van der Waals surface area contributed by atoms with E-state index < -0.39 is 0 Å². The van der Waals surface area contributed by atoms with E-state index in [0.717, 1.165) is 17.0 Å². The Kier molecular flexibility index (Phi) is 2.52. The Bertz CT molecular complexity index is 695. The van der Waals surface area contributed by atoms with E-state index in [-0.39, 0.29) is 0 Å². The Labute approximate surface area is 105 Å². The molecular formula is C15H14N2O. The van der Waals surface area contributed by atoms with Crippen LogP contribution in [0.5, 0.6) is 0 Å². The van der Waals surface area contributed by atoms with Crippen LogP contribution in [0, 0.1) is 6.92 Å². The summed E-state index contributed by atoms with van der Waals surface area (Å²) < 4.78 is 5.54. The second kappa shape index (κ2) is 4.18. The lowest BCUT2D eigenvalue weighted by atomic mass is 10.0. The van der Waals surface area contributed by atoms with Crippen LogP contribution >= 0.6 is 0 Å². The Morgan fingerprint density at radius 1 is 1.06 bits per heavy atom. The smallest absolute Gasteiger partial charge is 0.295 e. The van der Waals surface area contributed by atoms with Crippen LogP contribution in [0.3, 0.4) is 0 Å². The molecule has 1 N–H and O–H groups in total. The quantitative estimate of drug-likeness (QED) is 0.737. The molecule has 18 heavy (non-hydrogen) atoms. The van der Waals surface area contributed by atoms with E-state index >= 15 is 0 Å². The van der Waals surface area contributed by atoms with Gasteiger partial charge in [0.05, 0.1) is 0 Å². The summed E-state index contributed by atoms with van der Waals surface area (Å²) in [4.78, 5) is 4.47. The molecule has 0 amide bonds. The Balaban J connectivity index is 2.27. The Morgan fingerprint density at radius 3 is 2.61 bits per heavy atom. The number of nitrogens with one attached hydrogen (secondary N) is 1. The number of fused-ring (bicyclic) bond motifs is 1. The highest BCUT2D eigenvalue weighted by Gasteiger charge is 2.12. The molecule has 0 saturated carbocycles. The van der Waals surface area contributed by atoms with Gasteiger partial charge < -0.3 is 9.73 Å². The standard InChI is InChI=1S/C15H14N2O/c1-10-14(17-15(16-2)18-10)13-9-5-7-11-6-3-4-8-12(11)13/h3-9H,1-2H3,(H,16,17). The first-order valence-electron chi connectivity index (χ1n) is 5.93. The molecule has 0 fully saturated rings. The summed E-state index contributed by atoms with van der Waals surface area (Å²) in [6, 6.07) is 15.1. The van der Waals surface area contributed by atoms with Crippen LogP contribution in [-0.4, -0.2) is 12.0 Å². The van der Waals surface area contributed by atoms with Crippen molar-refractivity contribution < 1.29 is 4.42 Å². The third-order valence-electron chi connectivity index (χ3n) is 3.06. The molecule has 0 spiro atoms. The van der Waals surface area contributed by atoms with Crippen LogP contribution < -0.4 is 5.32 Å². The maximum Gasteiger partial charge on any atom is 0.295 e. The SMILES string of the molecule is CNc1nc(-c2cccc3ccccc23)c(C)o1. The van der Waals surface area contributed by atoms with Crippen LogP contribution in [-0.2, 0) is 0 Å². The molecule has 0 unspecified atom stereocenters. The lowest BCUT2D eigenvalue weighted by molar-refractivity contribution is 0.544.